The minimum Gasteiger partial charge on any atom is -0.480 e. The molecule has 1 saturated carbocycles. The minimum absolute atomic E-state index is 0.00178. The van der Waals surface area contributed by atoms with Gasteiger partial charge in [-0.15, -0.1) is 0 Å². The smallest absolute Gasteiger partial charge is 0.319 e. The van der Waals surface area contributed by atoms with Gasteiger partial charge < -0.3 is 34.1 Å². The molecule has 7 atom stereocenters. The van der Waals surface area contributed by atoms with Gasteiger partial charge in [-0.25, -0.2) is 9.37 Å². The quantitative estimate of drug-likeness (QED) is 0.205. The second kappa shape index (κ2) is 14.6. The molecule has 15 heteroatoms. The predicted octanol–water partition coefficient (Wildman–Crippen LogP) is 5.60. The lowest BCUT2D eigenvalue weighted by Gasteiger charge is -2.51. The number of aromatic amines is 1. The molecule has 3 N–H and O–H groups in total. The van der Waals surface area contributed by atoms with Crippen LogP contribution < -0.4 is 14.4 Å². The first-order valence-electron chi connectivity index (χ1n) is 19.2. The molecule has 4 aromatic rings. The van der Waals surface area contributed by atoms with E-state index in [0.717, 1.165) is 51.5 Å². The number of likely N-dealkylation sites (tertiary alicyclic amines) is 1. The SMILES string of the molecule is COc1nc(-c2c(C)c(Cl)cc3[nH]ncc23)c(F)c2nc(OC[C@]34CCC[C@H]3N(C3C[C@@H](C)O[C@@H](C)C3)CCC4)nc(N3C[C@H](CO)OC[C@@](C)(O)C3)c12. The molecular weight excluding hydrogens is 717 g/mol. The maximum Gasteiger partial charge on any atom is 0.319 e. The fourth-order valence-corrected chi connectivity index (χ4v) is 10.00. The van der Waals surface area contributed by atoms with E-state index in [0.29, 0.717) is 45.7 Å². The third-order valence-corrected chi connectivity index (χ3v) is 12.5. The van der Waals surface area contributed by atoms with Gasteiger partial charge in [0.2, 0.25) is 5.88 Å². The van der Waals surface area contributed by atoms with Gasteiger partial charge in [-0.2, -0.15) is 15.1 Å². The van der Waals surface area contributed by atoms with Gasteiger partial charge in [-0.3, -0.25) is 10.00 Å². The van der Waals surface area contributed by atoms with Crippen molar-refractivity contribution in [3.05, 3.63) is 28.7 Å². The zero-order valence-corrected chi connectivity index (χ0v) is 32.5. The third-order valence-electron chi connectivity index (χ3n) is 12.2. The number of rotatable bonds is 8. The molecule has 4 fully saturated rings. The molecule has 3 aliphatic heterocycles. The largest absolute Gasteiger partial charge is 0.480 e. The highest BCUT2D eigenvalue weighted by Crippen LogP contribution is 2.50. The van der Waals surface area contributed by atoms with Crippen LogP contribution in [-0.4, -0.2) is 123 Å². The van der Waals surface area contributed by atoms with Crippen molar-refractivity contribution in [3.8, 4) is 23.1 Å². The van der Waals surface area contributed by atoms with E-state index in [1.54, 1.807) is 24.1 Å². The van der Waals surface area contributed by atoms with Crippen LogP contribution in [0.4, 0.5) is 10.2 Å². The van der Waals surface area contributed by atoms with Crippen LogP contribution >= 0.6 is 11.6 Å². The van der Waals surface area contributed by atoms with Gasteiger partial charge in [0.05, 0.1) is 63.5 Å². The fourth-order valence-electron chi connectivity index (χ4n) is 9.79. The molecule has 292 valence electrons. The summed E-state index contributed by atoms with van der Waals surface area (Å²) in [6.07, 6.45) is 8.78. The van der Waals surface area contributed by atoms with Crippen LogP contribution in [0.3, 0.4) is 0 Å². The molecule has 8 rings (SSSR count). The second-order valence-corrected chi connectivity index (χ2v) is 16.7. The normalized spacial score (nSPS) is 30.8. The summed E-state index contributed by atoms with van der Waals surface area (Å²) in [6, 6.07) is 2.58. The summed E-state index contributed by atoms with van der Waals surface area (Å²) >= 11 is 6.65. The Bertz CT molecular complexity index is 2020. The molecule has 54 heavy (non-hydrogen) atoms. The molecule has 1 unspecified atom stereocenters. The van der Waals surface area contributed by atoms with Crippen molar-refractivity contribution in [1.82, 2.24) is 30.0 Å². The fraction of sp³-hybridized carbons (Fsp3) is 0.641. The topological polar surface area (TPSA) is 151 Å². The Morgan fingerprint density at radius 1 is 1.15 bits per heavy atom. The second-order valence-electron chi connectivity index (χ2n) is 16.3. The van der Waals surface area contributed by atoms with E-state index in [1.807, 2.05) is 6.92 Å². The summed E-state index contributed by atoms with van der Waals surface area (Å²) in [5.74, 6) is -0.352. The van der Waals surface area contributed by atoms with Crippen LogP contribution in [0.2, 0.25) is 5.02 Å². The monoisotopic (exact) mass is 767 g/mol. The summed E-state index contributed by atoms with van der Waals surface area (Å²) in [4.78, 5) is 19.0. The Morgan fingerprint density at radius 3 is 2.69 bits per heavy atom. The molecule has 0 amide bonds. The number of anilines is 1. The Morgan fingerprint density at radius 2 is 1.93 bits per heavy atom. The summed E-state index contributed by atoms with van der Waals surface area (Å²) in [7, 11) is 1.46. The maximum absolute atomic E-state index is 17.4. The number of pyridine rings is 1. The van der Waals surface area contributed by atoms with Crippen molar-refractivity contribution in [3.63, 3.8) is 0 Å². The van der Waals surface area contributed by atoms with Crippen molar-refractivity contribution in [2.45, 2.75) is 109 Å². The lowest BCUT2D eigenvalue weighted by molar-refractivity contribution is -0.0967. The average Bonchev–Trinajstić information content (AvgIpc) is 3.76. The van der Waals surface area contributed by atoms with Crippen molar-refractivity contribution in [2.75, 3.05) is 51.5 Å². The number of aromatic nitrogens is 5. The van der Waals surface area contributed by atoms with Gasteiger partial charge in [0.15, 0.2) is 5.82 Å². The Kier molecular flexibility index (Phi) is 10.1. The number of ether oxygens (including phenoxy) is 4. The van der Waals surface area contributed by atoms with E-state index in [4.69, 9.17) is 45.5 Å². The van der Waals surface area contributed by atoms with Gasteiger partial charge in [0.1, 0.15) is 28.0 Å². The number of aliphatic hydroxyl groups is 2. The van der Waals surface area contributed by atoms with Crippen molar-refractivity contribution in [2.24, 2.45) is 5.41 Å². The van der Waals surface area contributed by atoms with E-state index in [9.17, 15) is 10.2 Å². The molecule has 6 heterocycles. The van der Waals surface area contributed by atoms with Crippen molar-refractivity contribution in [1.29, 1.82) is 0 Å². The number of β-amino-alcohol motifs (C(OH)–C–C–N with tert-alkyl or cyclic N) is 1. The number of nitrogens with zero attached hydrogens (tertiary/aromatic N) is 6. The Balaban J connectivity index is 1.24. The number of aliphatic hydroxyl groups excluding tert-OH is 1. The van der Waals surface area contributed by atoms with Gasteiger partial charge in [0.25, 0.3) is 0 Å². The molecule has 3 aromatic heterocycles. The van der Waals surface area contributed by atoms with E-state index < -0.39 is 17.5 Å². The third kappa shape index (κ3) is 6.76. The predicted molar refractivity (Wildman–Crippen MR) is 203 cm³/mol. The molecule has 4 aliphatic rings. The molecular formula is C39H51ClFN7O6. The highest BCUT2D eigenvalue weighted by atomic mass is 35.5. The van der Waals surface area contributed by atoms with Crippen LogP contribution in [0, 0.1) is 18.2 Å². The molecule has 1 aromatic carbocycles. The number of methoxy groups -OCH3 is 1. The van der Waals surface area contributed by atoms with Gasteiger partial charge >= 0.3 is 6.01 Å². The van der Waals surface area contributed by atoms with E-state index in [-0.39, 0.29) is 78.2 Å². The van der Waals surface area contributed by atoms with Gasteiger partial charge in [0, 0.05) is 40.0 Å². The van der Waals surface area contributed by atoms with E-state index >= 15 is 4.39 Å². The Labute approximate surface area is 319 Å². The van der Waals surface area contributed by atoms with Crippen LogP contribution in [-0.2, 0) is 9.47 Å². The summed E-state index contributed by atoms with van der Waals surface area (Å²) in [5.41, 5.74) is 0.252. The number of hydrogen-bond acceptors (Lipinski definition) is 12. The number of H-pyrrole nitrogens is 1. The number of hydrogen-bond donors (Lipinski definition) is 3. The lowest BCUT2D eigenvalue weighted by atomic mass is 9.74. The number of piperidine rings is 1. The Hall–Kier alpha value is -3.40. The van der Waals surface area contributed by atoms with Crippen molar-refractivity contribution >= 4 is 39.2 Å². The number of fused-ring (bicyclic) bond motifs is 3. The zero-order valence-electron chi connectivity index (χ0n) is 31.7. The molecule has 1 aliphatic carbocycles. The van der Waals surface area contributed by atoms with Crippen LogP contribution in [0.5, 0.6) is 11.9 Å². The van der Waals surface area contributed by atoms with Crippen LogP contribution in [0.15, 0.2) is 12.3 Å². The van der Waals surface area contributed by atoms with Crippen molar-refractivity contribution < 1.29 is 33.6 Å². The maximum atomic E-state index is 17.4. The zero-order chi connectivity index (χ0) is 37.9. The summed E-state index contributed by atoms with van der Waals surface area (Å²) in [6.45, 7) is 9.20. The molecule has 0 spiro atoms. The van der Waals surface area contributed by atoms with Crippen LogP contribution in [0.1, 0.15) is 71.3 Å². The minimum atomic E-state index is -1.31. The van der Waals surface area contributed by atoms with Gasteiger partial charge in [-0.1, -0.05) is 18.0 Å². The number of benzene rings is 1. The van der Waals surface area contributed by atoms with Gasteiger partial charge in [-0.05, 0) is 84.4 Å². The number of halogens is 2. The van der Waals surface area contributed by atoms with Crippen LogP contribution in [0.25, 0.3) is 33.1 Å². The average molecular weight is 768 g/mol. The summed E-state index contributed by atoms with van der Waals surface area (Å²) < 4.78 is 41.9. The first-order chi connectivity index (χ1) is 25.9. The standard InChI is InChI=1S/C39H51ClFN7O6/c1-21-12-24(13-22(2)54-21)48-11-7-10-39(9-6-8-29(39)48)20-53-37-44-34-31(35(45-37)47-16-25(17-49)52-19-38(4,50)18-47)36(51-5)43-33(32(34)41)30-23(3)27(40)14-28-26(30)15-42-46-28/h14-15,21-22,24-25,29,49-50H,6-13,16-20H2,1-5H3,(H,42,46)/t21-,22+,24?,25-,29-,38+,39-/m1/s1. The first-order valence-corrected chi connectivity index (χ1v) is 19.6. The highest BCUT2D eigenvalue weighted by Gasteiger charge is 2.51. The highest BCUT2D eigenvalue weighted by molar-refractivity contribution is 6.33. The lowest BCUT2D eigenvalue weighted by Crippen LogP contribution is -2.57. The molecule has 0 bridgehead atoms. The van der Waals surface area contributed by atoms with E-state index in [2.05, 4.69) is 28.9 Å². The molecule has 13 nitrogen and oxygen atoms in total. The number of nitrogens with one attached hydrogen (secondary N) is 1. The summed E-state index contributed by atoms with van der Waals surface area (Å²) in [5, 5.41) is 29.9. The molecule has 0 radical (unpaired) electrons. The first kappa shape index (κ1) is 37.5. The molecule has 3 saturated heterocycles. The van der Waals surface area contributed by atoms with E-state index in [1.165, 1.54) is 7.11 Å².